The van der Waals surface area contributed by atoms with E-state index in [2.05, 4.69) is 21.2 Å². The molecule has 1 amide bonds. The van der Waals surface area contributed by atoms with Gasteiger partial charge in [0.1, 0.15) is 29.2 Å². The average Bonchev–Trinajstić information content (AvgIpc) is 2.90. The molecule has 0 fully saturated rings. The first-order valence-electron chi connectivity index (χ1n) is 12.2. The molecular weight excluding hydrogens is 624 g/mol. The topological polar surface area (TPSA) is 102 Å². The summed E-state index contributed by atoms with van der Waals surface area (Å²) < 4.78 is 35.6. The van der Waals surface area contributed by atoms with Crippen molar-refractivity contribution in [3.63, 3.8) is 0 Å². The van der Waals surface area contributed by atoms with Gasteiger partial charge in [-0.3, -0.25) is 14.9 Å². The van der Waals surface area contributed by atoms with Gasteiger partial charge >= 0.3 is 5.69 Å². The predicted octanol–water partition coefficient (Wildman–Crippen LogP) is 7.09. The number of nitrogens with zero attached hydrogens (tertiary/aromatic N) is 2. The molecule has 0 heterocycles. The van der Waals surface area contributed by atoms with Crippen molar-refractivity contribution in [2.75, 3.05) is 7.11 Å². The van der Waals surface area contributed by atoms with Gasteiger partial charge in [0.25, 0.3) is 5.91 Å². The Morgan fingerprint density at radius 2 is 1.83 bits per heavy atom. The minimum absolute atomic E-state index is 0.0154. The molecule has 8 nitrogen and oxygen atoms in total. The Morgan fingerprint density at radius 1 is 1.20 bits per heavy atom. The average molecular weight is 651 g/mol. The molecule has 0 aliphatic rings. The Bertz CT molecular complexity index is 1540. The van der Waals surface area contributed by atoms with Crippen LogP contribution in [0.4, 0.5) is 14.5 Å². The zero-order valence-electron chi connectivity index (χ0n) is 22.9. The Kier molecular flexibility index (Phi) is 9.91. The predicted molar refractivity (Wildman–Crippen MR) is 155 cm³/mol. The highest BCUT2D eigenvalue weighted by Gasteiger charge is 2.37. The lowest BCUT2D eigenvalue weighted by molar-refractivity contribution is -0.388. The van der Waals surface area contributed by atoms with Crippen LogP contribution < -0.4 is 10.1 Å². The first-order chi connectivity index (χ1) is 19.2. The Balaban J connectivity index is 2.36. The Morgan fingerprint density at radius 3 is 2.37 bits per heavy atom. The second-order valence-electron chi connectivity index (χ2n) is 10.2. The summed E-state index contributed by atoms with van der Waals surface area (Å²) in [5.41, 5.74) is -1.90. The number of nitrogens with one attached hydrogen (secondary N) is 1. The van der Waals surface area contributed by atoms with Gasteiger partial charge in [0.15, 0.2) is 0 Å². The molecule has 0 aromatic heterocycles. The molecule has 0 bridgehead atoms. The van der Waals surface area contributed by atoms with E-state index >= 15 is 4.39 Å². The van der Waals surface area contributed by atoms with E-state index in [1.54, 1.807) is 45.0 Å². The van der Waals surface area contributed by atoms with E-state index < -0.39 is 45.3 Å². The molecule has 12 heteroatoms. The van der Waals surface area contributed by atoms with Crippen LogP contribution in [0.1, 0.15) is 53.9 Å². The molecule has 0 aliphatic carbocycles. The fourth-order valence-corrected chi connectivity index (χ4v) is 4.83. The van der Waals surface area contributed by atoms with Crippen molar-refractivity contribution >= 4 is 45.1 Å². The molecule has 41 heavy (non-hydrogen) atoms. The molecular formula is C29H27BrClF2N3O5. The van der Waals surface area contributed by atoms with Crippen LogP contribution in [0.2, 0.25) is 5.02 Å². The summed E-state index contributed by atoms with van der Waals surface area (Å²) in [5, 5.41) is 14.7. The number of carbonyl (C=O) groups excluding carboxylic acids is 2. The zero-order valence-corrected chi connectivity index (χ0v) is 25.2. The van der Waals surface area contributed by atoms with Crippen LogP contribution in [-0.2, 0) is 11.3 Å². The molecule has 1 atom stereocenters. The van der Waals surface area contributed by atoms with Crippen LogP contribution in [-0.4, -0.2) is 34.3 Å². The van der Waals surface area contributed by atoms with Gasteiger partial charge in [-0.25, -0.2) is 9.18 Å². The molecule has 1 N–H and O–H groups in total. The first kappa shape index (κ1) is 31.7. The highest BCUT2D eigenvalue weighted by Crippen LogP contribution is 2.38. The van der Waals surface area contributed by atoms with Crippen molar-refractivity contribution in [1.82, 2.24) is 10.2 Å². The summed E-state index contributed by atoms with van der Waals surface area (Å²) in [4.78, 5) is 38.5. The SMILES string of the molecule is COc1ccc(CN(C(=O)c2cc(Br)c(C)c([N+](=O)[O-])c2F)C(C(=C=O)NC(C)(C)C)c2cc(F)ccc2Cl)cc1. The summed E-state index contributed by atoms with van der Waals surface area (Å²) in [5.74, 6) is -0.736. The maximum absolute atomic E-state index is 15.7. The van der Waals surface area contributed by atoms with Gasteiger partial charge in [0.05, 0.1) is 17.6 Å². The highest BCUT2D eigenvalue weighted by molar-refractivity contribution is 9.10. The van der Waals surface area contributed by atoms with Gasteiger partial charge in [-0.05, 0) is 69.7 Å². The number of halogens is 4. The van der Waals surface area contributed by atoms with E-state index in [1.807, 2.05) is 5.94 Å². The summed E-state index contributed by atoms with van der Waals surface area (Å²) >= 11 is 9.66. The van der Waals surface area contributed by atoms with E-state index in [-0.39, 0.29) is 32.9 Å². The Labute approximate surface area is 249 Å². The summed E-state index contributed by atoms with van der Waals surface area (Å²) in [6.45, 7) is 6.36. The zero-order chi connectivity index (χ0) is 30.6. The van der Waals surface area contributed by atoms with Crippen molar-refractivity contribution in [2.45, 2.75) is 45.8 Å². The monoisotopic (exact) mass is 649 g/mol. The van der Waals surface area contributed by atoms with E-state index in [0.29, 0.717) is 11.3 Å². The van der Waals surface area contributed by atoms with Crippen molar-refractivity contribution < 1.29 is 28.0 Å². The summed E-state index contributed by atoms with van der Waals surface area (Å²) in [6.07, 6.45) is 0. The lowest BCUT2D eigenvalue weighted by Gasteiger charge is -2.36. The number of hydrogen-bond acceptors (Lipinski definition) is 6. The smallest absolute Gasteiger partial charge is 0.309 e. The number of benzene rings is 3. The molecule has 3 aromatic carbocycles. The third kappa shape index (κ3) is 7.30. The van der Waals surface area contributed by atoms with Crippen LogP contribution in [0.15, 0.2) is 58.7 Å². The number of rotatable bonds is 9. The number of hydrogen-bond donors (Lipinski definition) is 1. The fraction of sp³-hybridized carbons (Fsp3) is 0.276. The van der Waals surface area contributed by atoms with Gasteiger partial charge in [-0.2, -0.15) is 4.39 Å². The highest BCUT2D eigenvalue weighted by atomic mass is 79.9. The molecule has 3 aromatic rings. The largest absolute Gasteiger partial charge is 0.497 e. The number of amides is 1. The second-order valence-corrected chi connectivity index (χ2v) is 11.5. The molecule has 1 unspecified atom stereocenters. The van der Waals surface area contributed by atoms with Gasteiger partial charge in [-0.15, -0.1) is 0 Å². The Hall–Kier alpha value is -3.79. The van der Waals surface area contributed by atoms with Crippen molar-refractivity contribution in [2.24, 2.45) is 0 Å². The van der Waals surface area contributed by atoms with Crippen LogP contribution in [0.25, 0.3) is 0 Å². The third-order valence-electron chi connectivity index (χ3n) is 6.07. The van der Waals surface area contributed by atoms with E-state index in [0.717, 1.165) is 23.1 Å². The standard InChI is InChI=1S/C29H27BrClF2N3O5/c1-16-22(30)13-21(25(33)26(16)36(39)40)28(38)35(14-17-6-9-19(41-5)10-7-17)27(24(15-37)34-29(2,3)4)20-12-18(32)8-11-23(20)31/h6-13,27,34H,14H2,1-5H3. The van der Waals surface area contributed by atoms with Crippen molar-refractivity contribution in [3.05, 3.63) is 108 Å². The molecule has 0 aliphatic heterocycles. The van der Waals surface area contributed by atoms with E-state index in [4.69, 9.17) is 16.3 Å². The number of methoxy groups -OCH3 is 1. The van der Waals surface area contributed by atoms with E-state index in [9.17, 15) is 24.1 Å². The molecule has 3 rings (SSSR count). The normalized spacial score (nSPS) is 11.8. The van der Waals surface area contributed by atoms with Crippen LogP contribution in [0, 0.1) is 28.7 Å². The number of ether oxygens (including phenoxy) is 1. The third-order valence-corrected chi connectivity index (χ3v) is 7.24. The number of nitro groups is 1. The van der Waals surface area contributed by atoms with Crippen LogP contribution in [0.3, 0.4) is 0 Å². The maximum Gasteiger partial charge on any atom is 0.309 e. The molecule has 216 valence electrons. The van der Waals surface area contributed by atoms with Crippen LogP contribution in [0.5, 0.6) is 5.75 Å². The lowest BCUT2D eigenvalue weighted by atomic mass is 9.97. The van der Waals surface area contributed by atoms with Crippen molar-refractivity contribution in [3.8, 4) is 5.75 Å². The number of carbonyl (C=O) groups is 1. The number of nitro benzene ring substituents is 1. The molecule has 0 saturated carbocycles. The first-order valence-corrected chi connectivity index (χ1v) is 13.4. The van der Waals surface area contributed by atoms with Gasteiger partial charge in [0.2, 0.25) is 5.82 Å². The second kappa shape index (κ2) is 12.8. The maximum atomic E-state index is 15.7. The minimum atomic E-state index is -1.40. The quantitative estimate of drug-likeness (QED) is 0.151. The van der Waals surface area contributed by atoms with Crippen LogP contribution >= 0.6 is 27.5 Å². The summed E-state index contributed by atoms with van der Waals surface area (Å²) in [6, 6.07) is 9.74. The molecule has 0 saturated heterocycles. The van der Waals surface area contributed by atoms with Gasteiger partial charge in [0, 0.05) is 32.7 Å². The van der Waals surface area contributed by atoms with Gasteiger partial charge in [-0.1, -0.05) is 39.7 Å². The van der Waals surface area contributed by atoms with Crippen molar-refractivity contribution in [1.29, 1.82) is 0 Å². The van der Waals surface area contributed by atoms with Gasteiger partial charge < -0.3 is 15.0 Å². The fourth-order valence-electron chi connectivity index (χ4n) is 4.20. The molecule has 0 radical (unpaired) electrons. The summed E-state index contributed by atoms with van der Waals surface area (Å²) in [7, 11) is 1.48. The van der Waals surface area contributed by atoms with E-state index in [1.165, 1.54) is 20.1 Å². The minimum Gasteiger partial charge on any atom is -0.497 e. The molecule has 0 spiro atoms. The lowest BCUT2D eigenvalue weighted by Crippen LogP contribution is -2.44.